The first-order valence-electron chi connectivity index (χ1n) is 6.35. The SMILES string of the molecule is CC(c1ccc(Cl)cc1)N(C)C(=O)[C@H]1CCCN1. The summed E-state index contributed by atoms with van der Waals surface area (Å²) in [6.07, 6.45) is 2.02. The molecule has 18 heavy (non-hydrogen) atoms. The minimum atomic E-state index is -0.00949. The maximum Gasteiger partial charge on any atom is 0.239 e. The Hall–Kier alpha value is -1.06. The van der Waals surface area contributed by atoms with Crippen LogP contribution in [-0.2, 0) is 4.79 Å². The minimum absolute atomic E-state index is 0.00949. The maximum atomic E-state index is 12.3. The molecule has 1 heterocycles. The molecule has 1 unspecified atom stereocenters. The van der Waals surface area contributed by atoms with Crippen LogP contribution < -0.4 is 5.32 Å². The molecule has 98 valence electrons. The van der Waals surface area contributed by atoms with E-state index in [2.05, 4.69) is 5.32 Å². The van der Waals surface area contributed by atoms with Crippen molar-refractivity contribution in [2.45, 2.75) is 31.8 Å². The molecule has 1 aromatic carbocycles. The number of halogens is 1. The van der Waals surface area contributed by atoms with Crippen molar-refractivity contribution in [3.8, 4) is 0 Å². The minimum Gasteiger partial charge on any atom is -0.338 e. The molecular weight excluding hydrogens is 248 g/mol. The monoisotopic (exact) mass is 266 g/mol. The number of rotatable bonds is 3. The van der Waals surface area contributed by atoms with Gasteiger partial charge in [-0.3, -0.25) is 4.79 Å². The van der Waals surface area contributed by atoms with E-state index in [9.17, 15) is 4.79 Å². The molecule has 0 aliphatic carbocycles. The van der Waals surface area contributed by atoms with E-state index in [0.29, 0.717) is 0 Å². The second-order valence-corrected chi connectivity index (χ2v) is 5.26. The zero-order chi connectivity index (χ0) is 13.1. The summed E-state index contributed by atoms with van der Waals surface area (Å²) in [5, 5.41) is 3.96. The second-order valence-electron chi connectivity index (χ2n) is 4.83. The highest BCUT2D eigenvalue weighted by molar-refractivity contribution is 6.30. The van der Waals surface area contributed by atoms with Crippen LogP contribution in [0.15, 0.2) is 24.3 Å². The third-order valence-electron chi connectivity index (χ3n) is 3.64. The first-order valence-corrected chi connectivity index (χ1v) is 6.73. The van der Waals surface area contributed by atoms with Crippen molar-refractivity contribution < 1.29 is 4.79 Å². The van der Waals surface area contributed by atoms with E-state index in [1.54, 1.807) is 0 Å². The van der Waals surface area contributed by atoms with Gasteiger partial charge in [0.1, 0.15) is 0 Å². The number of carbonyl (C=O) groups is 1. The second kappa shape index (κ2) is 5.72. The molecule has 1 aliphatic rings. The fraction of sp³-hybridized carbons (Fsp3) is 0.500. The lowest BCUT2D eigenvalue weighted by molar-refractivity contribution is -0.133. The number of likely N-dealkylation sites (N-methyl/N-ethyl adjacent to an activating group) is 1. The van der Waals surface area contributed by atoms with Crippen LogP contribution in [0.1, 0.15) is 31.4 Å². The molecule has 3 nitrogen and oxygen atoms in total. The summed E-state index contributed by atoms with van der Waals surface area (Å²) in [5.74, 6) is 0.176. The smallest absolute Gasteiger partial charge is 0.239 e. The lowest BCUT2D eigenvalue weighted by Crippen LogP contribution is -2.42. The van der Waals surface area contributed by atoms with Crippen molar-refractivity contribution in [3.63, 3.8) is 0 Å². The van der Waals surface area contributed by atoms with Crippen molar-refractivity contribution in [1.82, 2.24) is 10.2 Å². The predicted molar refractivity (Wildman–Crippen MR) is 73.7 cm³/mol. The zero-order valence-electron chi connectivity index (χ0n) is 10.8. The summed E-state index contributed by atoms with van der Waals surface area (Å²) in [5.41, 5.74) is 1.10. The van der Waals surface area contributed by atoms with Crippen LogP contribution in [0.4, 0.5) is 0 Å². The number of benzene rings is 1. The first kappa shape index (κ1) is 13.4. The van der Waals surface area contributed by atoms with E-state index in [-0.39, 0.29) is 18.0 Å². The molecule has 1 saturated heterocycles. The molecule has 2 atom stereocenters. The van der Waals surface area contributed by atoms with E-state index >= 15 is 0 Å². The third kappa shape index (κ3) is 2.85. The molecule has 1 N–H and O–H groups in total. The van der Waals surface area contributed by atoms with E-state index < -0.39 is 0 Å². The lowest BCUT2D eigenvalue weighted by atomic mass is 10.1. The van der Waals surface area contributed by atoms with Crippen molar-refractivity contribution in [1.29, 1.82) is 0 Å². The Morgan fingerprint density at radius 2 is 2.11 bits per heavy atom. The Morgan fingerprint density at radius 1 is 1.44 bits per heavy atom. The van der Waals surface area contributed by atoms with Gasteiger partial charge in [-0.05, 0) is 44.0 Å². The summed E-state index contributed by atoms with van der Waals surface area (Å²) < 4.78 is 0. The predicted octanol–water partition coefficient (Wildman–Crippen LogP) is 2.61. The van der Waals surface area contributed by atoms with Gasteiger partial charge in [-0.15, -0.1) is 0 Å². The fourth-order valence-electron chi connectivity index (χ4n) is 2.30. The highest BCUT2D eigenvalue weighted by Gasteiger charge is 2.27. The molecule has 0 bridgehead atoms. The normalized spacial score (nSPS) is 20.7. The number of hydrogen-bond acceptors (Lipinski definition) is 2. The van der Waals surface area contributed by atoms with E-state index in [1.807, 2.05) is 43.1 Å². The molecule has 4 heteroatoms. The van der Waals surface area contributed by atoms with Gasteiger partial charge < -0.3 is 10.2 Å². The van der Waals surface area contributed by atoms with Crippen LogP contribution in [0, 0.1) is 0 Å². The summed E-state index contributed by atoms with van der Waals surface area (Å²) >= 11 is 5.87. The number of amides is 1. The number of nitrogens with one attached hydrogen (secondary N) is 1. The fourth-order valence-corrected chi connectivity index (χ4v) is 2.42. The van der Waals surface area contributed by atoms with E-state index in [0.717, 1.165) is 30.0 Å². The van der Waals surface area contributed by atoms with Crippen LogP contribution in [-0.4, -0.2) is 30.4 Å². The largest absolute Gasteiger partial charge is 0.338 e. The summed E-state index contributed by atoms with van der Waals surface area (Å²) in [6.45, 7) is 2.98. The van der Waals surface area contributed by atoms with Gasteiger partial charge in [0.05, 0.1) is 12.1 Å². The molecule has 0 aromatic heterocycles. The molecule has 1 aliphatic heterocycles. The van der Waals surface area contributed by atoms with Gasteiger partial charge in [0.15, 0.2) is 0 Å². The lowest BCUT2D eigenvalue weighted by Gasteiger charge is -2.28. The van der Waals surface area contributed by atoms with Crippen molar-refractivity contribution >= 4 is 17.5 Å². The number of carbonyl (C=O) groups excluding carboxylic acids is 1. The van der Waals surface area contributed by atoms with Crippen LogP contribution in [0.2, 0.25) is 5.02 Å². The summed E-state index contributed by atoms with van der Waals surface area (Å²) in [4.78, 5) is 14.1. The Bertz CT molecular complexity index is 412. The zero-order valence-corrected chi connectivity index (χ0v) is 11.6. The van der Waals surface area contributed by atoms with Gasteiger partial charge in [-0.1, -0.05) is 23.7 Å². The highest BCUT2D eigenvalue weighted by Crippen LogP contribution is 2.22. The van der Waals surface area contributed by atoms with Crippen molar-refractivity contribution in [2.24, 2.45) is 0 Å². The van der Waals surface area contributed by atoms with Gasteiger partial charge in [0.25, 0.3) is 0 Å². The van der Waals surface area contributed by atoms with Gasteiger partial charge in [0, 0.05) is 12.1 Å². The molecule has 1 fully saturated rings. The van der Waals surface area contributed by atoms with Crippen LogP contribution >= 0.6 is 11.6 Å². The Labute approximate surface area is 113 Å². The molecule has 2 rings (SSSR count). The number of nitrogens with zero attached hydrogens (tertiary/aromatic N) is 1. The number of hydrogen-bond donors (Lipinski definition) is 1. The van der Waals surface area contributed by atoms with Gasteiger partial charge in [-0.2, -0.15) is 0 Å². The Kier molecular flexibility index (Phi) is 4.25. The van der Waals surface area contributed by atoms with Crippen LogP contribution in [0.5, 0.6) is 0 Å². The third-order valence-corrected chi connectivity index (χ3v) is 3.89. The Morgan fingerprint density at radius 3 is 2.67 bits per heavy atom. The quantitative estimate of drug-likeness (QED) is 0.912. The molecule has 0 spiro atoms. The molecule has 0 saturated carbocycles. The molecule has 1 amide bonds. The summed E-state index contributed by atoms with van der Waals surface area (Å²) in [6, 6.07) is 7.72. The Balaban J connectivity index is 2.05. The van der Waals surface area contributed by atoms with E-state index in [4.69, 9.17) is 11.6 Å². The standard InChI is InChI=1S/C14H19ClN2O/c1-10(11-5-7-12(15)8-6-11)17(2)14(18)13-4-3-9-16-13/h5-8,10,13,16H,3-4,9H2,1-2H3/t10?,13-/m1/s1. The van der Waals surface area contributed by atoms with Crippen molar-refractivity contribution in [3.05, 3.63) is 34.9 Å². The van der Waals surface area contributed by atoms with Crippen LogP contribution in [0.25, 0.3) is 0 Å². The average molecular weight is 267 g/mol. The molecule has 0 radical (unpaired) electrons. The van der Waals surface area contributed by atoms with Gasteiger partial charge in [-0.25, -0.2) is 0 Å². The molecular formula is C14H19ClN2O. The average Bonchev–Trinajstić information content (AvgIpc) is 2.91. The van der Waals surface area contributed by atoms with Crippen LogP contribution in [0.3, 0.4) is 0 Å². The summed E-state index contributed by atoms with van der Waals surface area (Å²) in [7, 11) is 1.86. The highest BCUT2D eigenvalue weighted by atomic mass is 35.5. The maximum absolute atomic E-state index is 12.3. The van der Waals surface area contributed by atoms with Crippen molar-refractivity contribution in [2.75, 3.05) is 13.6 Å². The first-order chi connectivity index (χ1) is 8.59. The van der Waals surface area contributed by atoms with Gasteiger partial charge >= 0.3 is 0 Å². The van der Waals surface area contributed by atoms with E-state index in [1.165, 1.54) is 0 Å². The molecule has 1 aromatic rings. The van der Waals surface area contributed by atoms with Gasteiger partial charge in [0.2, 0.25) is 5.91 Å². The topological polar surface area (TPSA) is 32.3 Å².